The number of aliphatic carboxylic acids is 4. The molecule has 32 heavy (non-hydrogen) atoms. The van der Waals surface area contributed by atoms with Crippen LogP contribution in [0.3, 0.4) is 0 Å². The van der Waals surface area contributed by atoms with Crippen LogP contribution in [0.1, 0.15) is 1.43 Å². The Hall–Kier alpha value is -1.22. The summed E-state index contributed by atoms with van der Waals surface area (Å²) in [5.41, 5.74) is 0. The molecule has 0 aromatic heterocycles. The normalized spacial score (nSPS) is 15.1. The summed E-state index contributed by atoms with van der Waals surface area (Å²) in [5, 5.41) is 51.9. The van der Waals surface area contributed by atoms with E-state index in [4.69, 9.17) is 30.5 Å². The van der Waals surface area contributed by atoms with Crippen molar-refractivity contribution in [1.82, 2.24) is 9.80 Å². The van der Waals surface area contributed by atoms with Crippen LogP contribution in [0.2, 0.25) is 0 Å². The maximum absolute atomic E-state index is 10.6. The molecule has 0 aromatic rings. The van der Waals surface area contributed by atoms with Crippen molar-refractivity contribution in [3.63, 3.8) is 0 Å². The van der Waals surface area contributed by atoms with E-state index in [9.17, 15) is 19.2 Å². The van der Waals surface area contributed by atoms with Gasteiger partial charge in [-0.3, -0.25) is 29.0 Å². The van der Waals surface area contributed by atoms with Crippen LogP contribution in [-0.2, 0) is 42.0 Å². The number of carboxylic acids is 4. The van der Waals surface area contributed by atoms with Crippen LogP contribution in [0, 0.1) is 0 Å². The monoisotopic (exact) mass is 474 g/mol. The summed E-state index contributed by atoms with van der Waals surface area (Å²) < 4.78 is 22.6. The minimum Gasteiger partial charge on any atom is -1.00 e. The Balaban J connectivity index is 0. The number of nitrogens with zero attached hydrogens (tertiary/aromatic N) is 2. The number of hydrogen-bond acceptors (Lipinski definition) is 13. The van der Waals surface area contributed by atoms with E-state index < -0.39 is 79.3 Å². The number of hydrogen-bond donors (Lipinski definition) is 6. The van der Waals surface area contributed by atoms with Gasteiger partial charge in [0, 0.05) is 13.1 Å². The van der Waals surface area contributed by atoms with Crippen LogP contribution < -0.4 is 29.6 Å². The second kappa shape index (κ2) is 15.6. The first kappa shape index (κ1) is 30.8. The topological polar surface area (TPSA) is 242 Å². The van der Waals surface area contributed by atoms with E-state index in [0.717, 1.165) is 9.80 Å². The van der Waals surface area contributed by atoms with Crippen molar-refractivity contribution < 1.29 is 103 Å². The minimum absolute atomic E-state index is 0. The molecule has 2 bridgehead atoms. The van der Waals surface area contributed by atoms with Crippen molar-refractivity contribution in [3.8, 4) is 0 Å². The summed E-state index contributed by atoms with van der Waals surface area (Å²) in [7, 11) is -5.20. The molecule has 0 saturated carbocycles. The van der Waals surface area contributed by atoms with Crippen molar-refractivity contribution in [2.24, 2.45) is 0 Å². The Morgan fingerprint density at radius 2 is 0.844 bits per heavy atom. The molecule has 0 aromatic carbocycles. The van der Waals surface area contributed by atoms with Crippen molar-refractivity contribution in [2.75, 3.05) is 39.3 Å². The average molecular weight is 473 g/mol. The van der Waals surface area contributed by atoms with E-state index in [1.807, 2.05) is 0 Å². The predicted octanol–water partition coefficient (Wildman–Crippen LogP) is -7.93. The fraction of sp³-hybridized carbons (Fsp3) is 0.600. The van der Waals surface area contributed by atoms with Crippen molar-refractivity contribution in [3.05, 3.63) is 0 Å². The van der Waals surface area contributed by atoms with Crippen molar-refractivity contribution >= 4 is 53.2 Å². The van der Waals surface area contributed by atoms with E-state index in [0.29, 0.717) is 0 Å². The van der Waals surface area contributed by atoms with Gasteiger partial charge in [0.15, 0.2) is 0 Å². The molecule has 2 heterocycles. The number of fused-ring (bicyclic) bond motifs is 2. The molecule has 6 N–H and O–H groups in total. The summed E-state index contributed by atoms with van der Waals surface area (Å²) >= 11 is 0. The van der Waals surface area contributed by atoms with Crippen LogP contribution in [0.25, 0.3) is 0 Å². The van der Waals surface area contributed by atoms with Crippen molar-refractivity contribution in [2.45, 2.75) is 0 Å². The molecule has 0 unspecified atom stereocenters. The van der Waals surface area contributed by atoms with Gasteiger partial charge < -0.3 is 54.8 Å². The average Bonchev–Trinajstić information content (AvgIpc) is 2.56. The number of rotatable bonds is 11. The molecule has 172 valence electrons. The smallest absolute Gasteiger partial charge is 1.00 e. The zero-order valence-electron chi connectivity index (χ0n) is 17.8. The largest absolute Gasteiger partial charge is 1.00 e. The second-order valence-electron chi connectivity index (χ2n) is 5.87. The van der Waals surface area contributed by atoms with Gasteiger partial charge in [-0.05, 0) is 0 Å². The van der Waals surface area contributed by atoms with Gasteiger partial charge in [-0.15, -0.1) is 0 Å². The molecular weight excluding hydrogens is 454 g/mol. The van der Waals surface area contributed by atoms with E-state index in [-0.39, 0.29) is 44.1 Å². The third-order valence-corrected chi connectivity index (χ3v) is 3.30. The van der Waals surface area contributed by atoms with E-state index in [1.165, 1.54) is 0 Å². The Kier molecular flexibility index (Phi) is 15.0. The Morgan fingerprint density at radius 3 is 1.06 bits per heavy atom. The molecule has 2 aliphatic rings. The SMILES string of the molecule is O=C(O)CN(CCN(CC(=O)O)CC(=O)O)CC(=O)O.OB1OB2OB(O)OB(O1)O2.[H-].[Na+]. The van der Waals surface area contributed by atoms with Gasteiger partial charge in [0.2, 0.25) is 0 Å². The van der Waals surface area contributed by atoms with Crippen LogP contribution in [0.4, 0.5) is 0 Å². The molecule has 0 aliphatic carbocycles. The Bertz CT molecular complexity index is 554. The van der Waals surface area contributed by atoms with Gasteiger partial charge in [0.1, 0.15) is 0 Å². The quantitative estimate of drug-likeness (QED) is 0.152. The third-order valence-electron chi connectivity index (χ3n) is 3.30. The van der Waals surface area contributed by atoms with Crippen LogP contribution in [0.15, 0.2) is 0 Å². The minimum atomic E-state index is -1.45. The summed E-state index contributed by atoms with van der Waals surface area (Å²) in [4.78, 5) is 44.4. The fourth-order valence-corrected chi connectivity index (χ4v) is 2.20. The number of carbonyl (C=O) groups is 4. The predicted molar refractivity (Wildman–Crippen MR) is 97.4 cm³/mol. The zero-order chi connectivity index (χ0) is 23.6. The van der Waals surface area contributed by atoms with Crippen molar-refractivity contribution in [1.29, 1.82) is 0 Å². The van der Waals surface area contributed by atoms with E-state index in [2.05, 4.69) is 22.9 Å². The van der Waals surface area contributed by atoms with Gasteiger partial charge in [-0.1, -0.05) is 0 Å². The first-order valence-electron chi connectivity index (χ1n) is 8.40. The molecule has 22 heteroatoms. The Labute approximate surface area is 205 Å². The second-order valence-corrected chi connectivity index (χ2v) is 5.87. The molecule has 0 amide bonds. The molecule has 0 atom stereocenters. The molecule has 0 radical (unpaired) electrons. The summed E-state index contributed by atoms with van der Waals surface area (Å²) in [5.74, 6) is -4.91. The maximum Gasteiger partial charge on any atom is 1.00 e. The van der Waals surface area contributed by atoms with E-state index >= 15 is 0 Å². The van der Waals surface area contributed by atoms with Gasteiger partial charge in [0.05, 0.1) is 26.2 Å². The third kappa shape index (κ3) is 14.0. The molecule has 2 aliphatic heterocycles. The Morgan fingerprint density at radius 1 is 0.594 bits per heavy atom. The van der Waals surface area contributed by atoms with Crippen LogP contribution in [-0.4, -0.2) is 133 Å². The zero-order valence-corrected chi connectivity index (χ0v) is 18.8. The first-order valence-corrected chi connectivity index (χ1v) is 8.40. The first-order chi connectivity index (χ1) is 14.4. The summed E-state index contributed by atoms with van der Waals surface area (Å²) in [6.45, 7) is -2.25. The van der Waals surface area contributed by atoms with Gasteiger partial charge in [-0.25, -0.2) is 0 Å². The molecule has 2 rings (SSSR count). The van der Waals surface area contributed by atoms with Crippen LogP contribution in [0.5, 0.6) is 0 Å². The molecule has 17 nitrogen and oxygen atoms in total. The summed E-state index contributed by atoms with van der Waals surface area (Å²) in [6.07, 6.45) is 0. The molecule has 2 saturated heterocycles. The van der Waals surface area contributed by atoms with E-state index in [1.54, 1.807) is 0 Å². The standard InChI is InChI=1S/C10H16N2O8.B4H2O7.Na.H/c13-7(14)3-11(4-8(15)16)1-2-12(5-9(17)18)6-10(19)20;5-1-7-3-9-2(6)10-4(8-1)11-3;;/h1-6H2,(H,13,14)(H,15,16)(H,17,18)(H,19,20);5-6H;;/q;;+1;-1. The van der Waals surface area contributed by atoms with Gasteiger partial charge in [-0.2, -0.15) is 0 Å². The summed E-state index contributed by atoms with van der Waals surface area (Å²) in [6, 6.07) is 0. The molecule has 0 spiro atoms. The number of carboxylic acid groups (broad SMARTS) is 4. The fourth-order valence-electron chi connectivity index (χ4n) is 2.20. The van der Waals surface area contributed by atoms with Crippen LogP contribution >= 0.6 is 0 Å². The molecule has 2 fully saturated rings. The maximum atomic E-state index is 10.6. The molecular formula is C10H19B4N2NaO15. The van der Waals surface area contributed by atoms with Gasteiger partial charge in [0.25, 0.3) is 0 Å². The van der Waals surface area contributed by atoms with Gasteiger partial charge >= 0.3 is 82.7 Å².